The van der Waals surface area contributed by atoms with E-state index < -0.39 is 6.10 Å². The maximum atomic E-state index is 9.96. The molecule has 2 aromatic rings. The smallest absolute Gasteiger partial charge is 0.0636 e. The average Bonchev–Trinajstić information content (AvgIpc) is 2.30. The number of rotatable bonds is 4. The number of nitrogens with zero attached hydrogens (tertiary/aromatic N) is 2. The molecule has 3 nitrogen and oxygen atoms in total. The number of aliphatic hydroxyl groups is 1. The predicted octanol–water partition coefficient (Wildman–Crippen LogP) is 2.39. The second-order valence-electron chi connectivity index (χ2n) is 3.89. The maximum Gasteiger partial charge on any atom is 0.0636 e. The first-order valence-corrected chi connectivity index (χ1v) is 6.21. The van der Waals surface area contributed by atoms with Gasteiger partial charge in [-0.25, -0.2) is 0 Å². The Morgan fingerprint density at radius 3 is 2.82 bits per heavy atom. The predicted molar refractivity (Wildman–Crippen MR) is 69.6 cm³/mol. The van der Waals surface area contributed by atoms with Crippen LogP contribution in [0.2, 0.25) is 0 Å². The number of aliphatic hydroxyl groups excluding tert-OH is 1. The van der Waals surface area contributed by atoms with E-state index >= 15 is 0 Å². The summed E-state index contributed by atoms with van der Waals surface area (Å²) in [5.74, 6) is 0. The fourth-order valence-electron chi connectivity index (χ4n) is 1.67. The molecule has 2 heterocycles. The van der Waals surface area contributed by atoms with Gasteiger partial charge < -0.3 is 5.11 Å². The second kappa shape index (κ2) is 5.89. The summed E-state index contributed by atoms with van der Waals surface area (Å²) in [4.78, 5) is 8.26. The van der Waals surface area contributed by atoms with Crippen LogP contribution in [0.15, 0.2) is 47.3 Å². The van der Waals surface area contributed by atoms with Gasteiger partial charge in [-0.05, 0) is 39.7 Å². The van der Waals surface area contributed by atoms with Crippen LogP contribution in [0.1, 0.15) is 11.3 Å². The topological polar surface area (TPSA) is 46.0 Å². The van der Waals surface area contributed by atoms with Gasteiger partial charge in [-0.2, -0.15) is 0 Å². The van der Waals surface area contributed by atoms with Crippen LogP contribution in [-0.4, -0.2) is 21.2 Å². The lowest BCUT2D eigenvalue weighted by atomic mass is 10.1. The molecule has 0 saturated carbocycles. The Labute approximate surface area is 109 Å². The zero-order valence-electron chi connectivity index (χ0n) is 9.25. The molecule has 88 valence electrons. The number of pyridine rings is 2. The Hall–Kier alpha value is -1.26. The highest BCUT2D eigenvalue weighted by Crippen LogP contribution is 2.12. The second-order valence-corrected chi connectivity index (χ2v) is 4.81. The Kier molecular flexibility index (Phi) is 4.23. The van der Waals surface area contributed by atoms with Gasteiger partial charge in [-0.1, -0.05) is 6.07 Å². The lowest BCUT2D eigenvalue weighted by Crippen LogP contribution is -2.14. The van der Waals surface area contributed by atoms with Crippen molar-refractivity contribution in [3.05, 3.63) is 58.6 Å². The van der Waals surface area contributed by atoms with Gasteiger partial charge >= 0.3 is 0 Å². The van der Waals surface area contributed by atoms with Crippen LogP contribution >= 0.6 is 15.9 Å². The Morgan fingerprint density at radius 2 is 2.12 bits per heavy atom. The number of hydrogen-bond acceptors (Lipinski definition) is 3. The summed E-state index contributed by atoms with van der Waals surface area (Å²) in [5.41, 5.74) is 1.92. The summed E-state index contributed by atoms with van der Waals surface area (Å²) < 4.78 is 0.931. The van der Waals surface area contributed by atoms with Crippen molar-refractivity contribution in [2.45, 2.75) is 18.9 Å². The van der Waals surface area contributed by atoms with Crippen LogP contribution < -0.4 is 0 Å². The molecule has 17 heavy (non-hydrogen) atoms. The van der Waals surface area contributed by atoms with Gasteiger partial charge in [-0.3, -0.25) is 9.97 Å². The molecular weight excluding hydrogens is 280 g/mol. The third kappa shape index (κ3) is 3.91. The molecule has 4 heteroatoms. The monoisotopic (exact) mass is 292 g/mol. The van der Waals surface area contributed by atoms with E-state index in [0.29, 0.717) is 12.8 Å². The van der Waals surface area contributed by atoms with E-state index in [1.165, 1.54) is 0 Å². The van der Waals surface area contributed by atoms with Crippen molar-refractivity contribution >= 4 is 15.9 Å². The number of aromatic nitrogens is 2. The molecule has 1 unspecified atom stereocenters. The molecule has 0 spiro atoms. The zero-order valence-corrected chi connectivity index (χ0v) is 10.8. The Balaban J connectivity index is 1.96. The van der Waals surface area contributed by atoms with Gasteiger partial charge in [0.2, 0.25) is 0 Å². The van der Waals surface area contributed by atoms with Crippen LogP contribution in [0.25, 0.3) is 0 Å². The molecule has 0 fully saturated rings. The molecular formula is C13H13BrN2O. The molecule has 0 aromatic carbocycles. The summed E-state index contributed by atoms with van der Waals surface area (Å²) in [6, 6.07) is 7.68. The van der Waals surface area contributed by atoms with Crippen LogP contribution in [0.3, 0.4) is 0 Å². The van der Waals surface area contributed by atoms with E-state index in [1.807, 2.05) is 24.3 Å². The first-order chi connectivity index (χ1) is 8.24. The van der Waals surface area contributed by atoms with Gasteiger partial charge in [0, 0.05) is 41.6 Å². The molecule has 1 atom stereocenters. The van der Waals surface area contributed by atoms with Gasteiger partial charge in [0.1, 0.15) is 0 Å². The van der Waals surface area contributed by atoms with Crippen molar-refractivity contribution in [2.75, 3.05) is 0 Å². The SMILES string of the molecule is OC(Cc1cncc(Br)c1)Cc1ccccn1. The van der Waals surface area contributed by atoms with Crippen molar-refractivity contribution in [2.24, 2.45) is 0 Å². The third-order valence-corrected chi connectivity index (χ3v) is 2.84. The minimum atomic E-state index is -0.430. The highest BCUT2D eigenvalue weighted by molar-refractivity contribution is 9.10. The zero-order chi connectivity index (χ0) is 12.1. The molecule has 0 radical (unpaired) electrons. The van der Waals surface area contributed by atoms with E-state index in [-0.39, 0.29) is 0 Å². The lowest BCUT2D eigenvalue weighted by molar-refractivity contribution is 0.174. The van der Waals surface area contributed by atoms with Gasteiger partial charge in [0.15, 0.2) is 0 Å². The summed E-state index contributed by atoms with van der Waals surface area (Å²) in [5, 5.41) is 9.96. The molecule has 1 N–H and O–H groups in total. The molecule has 2 rings (SSSR count). The molecule has 0 aliphatic heterocycles. The summed E-state index contributed by atoms with van der Waals surface area (Å²) in [6.07, 6.45) is 5.96. The fourth-order valence-corrected chi connectivity index (χ4v) is 2.08. The van der Waals surface area contributed by atoms with Crippen molar-refractivity contribution in [1.29, 1.82) is 0 Å². The van der Waals surface area contributed by atoms with E-state index in [0.717, 1.165) is 15.7 Å². The van der Waals surface area contributed by atoms with Crippen LogP contribution in [0.5, 0.6) is 0 Å². The molecule has 2 aromatic heterocycles. The maximum absolute atomic E-state index is 9.96. The quantitative estimate of drug-likeness (QED) is 0.941. The van der Waals surface area contributed by atoms with E-state index in [1.54, 1.807) is 18.6 Å². The van der Waals surface area contributed by atoms with Crippen LogP contribution in [-0.2, 0) is 12.8 Å². The largest absolute Gasteiger partial charge is 0.392 e. The van der Waals surface area contributed by atoms with Crippen molar-refractivity contribution in [3.63, 3.8) is 0 Å². The first-order valence-electron chi connectivity index (χ1n) is 5.41. The van der Waals surface area contributed by atoms with Gasteiger partial charge in [0.05, 0.1) is 6.10 Å². The minimum Gasteiger partial charge on any atom is -0.392 e. The fraction of sp³-hybridized carbons (Fsp3) is 0.231. The standard InChI is InChI=1S/C13H13BrN2O/c14-11-5-10(8-15-9-11)6-13(17)7-12-3-1-2-4-16-12/h1-5,8-9,13,17H,6-7H2. The highest BCUT2D eigenvalue weighted by Gasteiger charge is 2.08. The van der Waals surface area contributed by atoms with Crippen molar-refractivity contribution in [1.82, 2.24) is 9.97 Å². The number of halogens is 1. The third-order valence-electron chi connectivity index (χ3n) is 2.40. The van der Waals surface area contributed by atoms with Crippen LogP contribution in [0.4, 0.5) is 0 Å². The highest BCUT2D eigenvalue weighted by atomic mass is 79.9. The molecule has 0 amide bonds. The first kappa shape index (κ1) is 12.2. The van der Waals surface area contributed by atoms with Gasteiger partial charge in [-0.15, -0.1) is 0 Å². The van der Waals surface area contributed by atoms with E-state index in [2.05, 4.69) is 25.9 Å². The van der Waals surface area contributed by atoms with E-state index in [4.69, 9.17) is 0 Å². The van der Waals surface area contributed by atoms with E-state index in [9.17, 15) is 5.11 Å². The van der Waals surface area contributed by atoms with Crippen LogP contribution in [0, 0.1) is 0 Å². The van der Waals surface area contributed by atoms with Crippen molar-refractivity contribution in [3.8, 4) is 0 Å². The van der Waals surface area contributed by atoms with Crippen molar-refractivity contribution < 1.29 is 5.11 Å². The molecule has 0 saturated heterocycles. The Bertz CT molecular complexity index is 476. The minimum absolute atomic E-state index is 0.430. The Morgan fingerprint density at radius 1 is 1.24 bits per heavy atom. The van der Waals surface area contributed by atoms with Gasteiger partial charge in [0.25, 0.3) is 0 Å². The normalized spacial score (nSPS) is 12.4. The lowest BCUT2D eigenvalue weighted by Gasteiger charge is -2.09. The summed E-state index contributed by atoms with van der Waals surface area (Å²) >= 11 is 3.36. The number of hydrogen-bond donors (Lipinski definition) is 1. The summed E-state index contributed by atoms with van der Waals surface area (Å²) in [6.45, 7) is 0. The molecule has 0 aliphatic rings. The molecule has 0 bridgehead atoms. The molecule has 0 aliphatic carbocycles. The summed E-state index contributed by atoms with van der Waals surface area (Å²) in [7, 11) is 0. The average molecular weight is 293 g/mol.